The molecule has 4 amide bonds. The summed E-state index contributed by atoms with van der Waals surface area (Å²) in [5, 5.41) is 31.4. The second-order valence-corrected chi connectivity index (χ2v) is 8.94. The van der Waals surface area contributed by atoms with Crippen LogP contribution < -0.4 is 20.9 Å². The highest BCUT2D eigenvalue weighted by molar-refractivity contribution is 6.05. The lowest BCUT2D eigenvalue weighted by molar-refractivity contribution is -0.131. The molecule has 3 atom stereocenters. The number of rotatable bonds is 11. The van der Waals surface area contributed by atoms with Crippen LogP contribution in [0.25, 0.3) is 0 Å². The predicted octanol–water partition coefficient (Wildman–Crippen LogP) is -1.22. The molecule has 0 saturated carbocycles. The highest BCUT2D eigenvalue weighted by atomic mass is 16.2. The second kappa shape index (κ2) is 12.0. The van der Waals surface area contributed by atoms with Gasteiger partial charge in [-0.15, -0.1) is 10.2 Å². The van der Waals surface area contributed by atoms with Crippen molar-refractivity contribution >= 4 is 29.3 Å². The van der Waals surface area contributed by atoms with E-state index in [1.807, 2.05) is 26.0 Å². The summed E-state index contributed by atoms with van der Waals surface area (Å²) in [6, 6.07) is 5.58. The monoisotopic (exact) mass is 523 g/mol. The Morgan fingerprint density at radius 3 is 2.66 bits per heavy atom. The number of H-pyrrole nitrogens is 2. The zero-order chi connectivity index (χ0) is 27.1. The maximum Gasteiger partial charge on any atom is 0.247 e. The van der Waals surface area contributed by atoms with Crippen LogP contribution in [0.15, 0.2) is 30.5 Å². The number of para-hydroxylation sites is 1. The van der Waals surface area contributed by atoms with Crippen molar-refractivity contribution in [2.75, 3.05) is 11.4 Å². The molecule has 0 unspecified atom stereocenters. The molecule has 0 bridgehead atoms. The fourth-order valence-corrected chi connectivity index (χ4v) is 4.20. The summed E-state index contributed by atoms with van der Waals surface area (Å²) in [7, 11) is 0. The molecule has 15 heteroatoms. The molecule has 0 radical (unpaired) electrons. The highest BCUT2D eigenvalue weighted by Crippen LogP contribution is 2.32. The summed E-state index contributed by atoms with van der Waals surface area (Å²) in [6.45, 7) is 3.52. The molecule has 1 aliphatic rings. The van der Waals surface area contributed by atoms with Gasteiger partial charge < -0.3 is 16.0 Å². The van der Waals surface area contributed by atoms with E-state index in [1.54, 1.807) is 12.1 Å². The lowest BCUT2D eigenvalue weighted by atomic mass is 9.98. The Labute approximate surface area is 217 Å². The van der Waals surface area contributed by atoms with E-state index in [2.05, 4.69) is 52.0 Å². The summed E-state index contributed by atoms with van der Waals surface area (Å²) in [5.41, 5.74) is 2.01. The molecule has 38 heavy (non-hydrogen) atoms. The third-order valence-electron chi connectivity index (χ3n) is 6.39. The number of fused-ring (bicyclic) bond motifs is 1. The average molecular weight is 524 g/mol. The maximum atomic E-state index is 13.3. The molecule has 200 valence electrons. The third-order valence-corrected chi connectivity index (χ3v) is 6.39. The van der Waals surface area contributed by atoms with Crippen molar-refractivity contribution in [3.05, 3.63) is 47.5 Å². The number of hydrogen-bond acceptors (Lipinski definition) is 9. The number of anilines is 1. The molecular formula is C23H29N11O4. The minimum absolute atomic E-state index is 0.147. The van der Waals surface area contributed by atoms with Crippen molar-refractivity contribution in [2.24, 2.45) is 5.92 Å². The van der Waals surface area contributed by atoms with Crippen LogP contribution in [-0.2, 0) is 38.6 Å². The van der Waals surface area contributed by atoms with Gasteiger partial charge in [0, 0.05) is 12.1 Å². The van der Waals surface area contributed by atoms with Gasteiger partial charge in [-0.1, -0.05) is 43.7 Å². The summed E-state index contributed by atoms with van der Waals surface area (Å²) in [6.07, 6.45) is 2.30. The first-order chi connectivity index (χ1) is 18.4. The minimum Gasteiger partial charge on any atom is -0.348 e. The van der Waals surface area contributed by atoms with Gasteiger partial charge in [0.05, 0.1) is 25.7 Å². The Bertz CT molecular complexity index is 1260. The lowest BCUT2D eigenvalue weighted by Gasteiger charge is -2.26. The van der Waals surface area contributed by atoms with Crippen molar-refractivity contribution in [1.82, 2.24) is 52.0 Å². The van der Waals surface area contributed by atoms with Crippen LogP contribution in [0.3, 0.4) is 0 Å². The van der Waals surface area contributed by atoms with E-state index < -0.39 is 29.8 Å². The molecule has 0 saturated heterocycles. The van der Waals surface area contributed by atoms with Crippen molar-refractivity contribution in [1.29, 1.82) is 0 Å². The van der Waals surface area contributed by atoms with Gasteiger partial charge in [-0.3, -0.25) is 24.1 Å². The molecule has 0 spiro atoms. The van der Waals surface area contributed by atoms with Gasteiger partial charge >= 0.3 is 0 Å². The van der Waals surface area contributed by atoms with Crippen LogP contribution in [0.4, 0.5) is 5.69 Å². The van der Waals surface area contributed by atoms with Crippen LogP contribution in [0.2, 0.25) is 0 Å². The fraction of sp³-hybridized carbons (Fsp3) is 0.435. The smallest absolute Gasteiger partial charge is 0.247 e. The molecule has 3 heterocycles. The molecule has 0 aliphatic carbocycles. The number of nitrogens with one attached hydrogen (secondary N) is 5. The first kappa shape index (κ1) is 26.4. The molecule has 1 aliphatic heterocycles. The van der Waals surface area contributed by atoms with Crippen molar-refractivity contribution < 1.29 is 19.2 Å². The van der Waals surface area contributed by atoms with E-state index in [0.717, 1.165) is 5.56 Å². The number of aromatic nitrogens is 7. The number of tetrazole rings is 1. The minimum atomic E-state index is -0.875. The summed E-state index contributed by atoms with van der Waals surface area (Å²) in [4.78, 5) is 53.3. The van der Waals surface area contributed by atoms with E-state index in [1.165, 1.54) is 11.1 Å². The normalized spacial score (nSPS) is 15.8. The van der Waals surface area contributed by atoms with Gasteiger partial charge in [-0.05, 0) is 17.5 Å². The van der Waals surface area contributed by atoms with Gasteiger partial charge in [0.15, 0.2) is 5.82 Å². The highest BCUT2D eigenvalue weighted by Gasteiger charge is 2.38. The van der Waals surface area contributed by atoms with E-state index in [9.17, 15) is 19.2 Å². The van der Waals surface area contributed by atoms with E-state index in [-0.39, 0.29) is 37.2 Å². The van der Waals surface area contributed by atoms with Gasteiger partial charge in [0.2, 0.25) is 23.6 Å². The van der Waals surface area contributed by atoms with E-state index in [0.29, 0.717) is 24.2 Å². The van der Waals surface area contributed by atoms with Crippen LogP contribution >= 0.6 is 0 Å². The van der Waals surface area contributed by atoms with Crippen LogP contribution in [0.1, 0.15) is 37.4 Å². The fourth-order valence-electron chi connectivity index (χ4n) is 4.20. The number of carbonyl (C=O) groups excluding carboxylic acids is 4. The van der Waals surface area contributed by atoms with Crippen molar-refractivity contribution in [3.63, 3.8) is 0 Å². The summed E-state index contributed by atoms with van der Waals surface area (Å²) >= 11 is 0. The second-order valence-electron chi connectivity index (χ2n) is 8.94. The van der Waals surface area contributed by atoms with E-state index in [4.69, 9.17) is 0 Å². The Morgan fingerprint density at radius 1 is 1.13 bits per heavy atom. The largest absolute Gasteiger partial charge is 0.348 e. The van der Waals surface area contributed by atoms with Crippen LogP contribution in [0.5, 0.6) is 0 Å². The van der Waals surface area contributed by atoms with Gasteiger partial charge in [0.1, 0.15) is 17.8 Å². The number of amides is 4. The Hall–Kier alpha value is -4.69. The van der Waals surface area contributed by atoms with Crippen molar-refractivity contribution in [2.45, 2.75) is 51.7 Å². The van der Waals surface area contributed by atoms with Crippen LogP contribution in [0, 0.1) is 5.92 Å². The average Bonchev–Trinajstić information content (AvgIpc) is 3.69. The third kappa shape index (κ3) is 6.16. The topological polar surface area (TPSA) is 204 Å². The number of hydrogen-bond donors (Lipinski definition) is 5. The number of benzene rings is 1. The first-order valence-corrected chi connectivity index (χ1v) is 12.2. The zero-order valence-corrected chi connectivity index (χ0v) is 21.0. The molecule has 2 aromatic heterocycles. The Balaban J connectivity index is 1.41. The first-order valence-electron chi connectivity index (χ1n) is 12.2. The standard InChI is InChI=1S/C23H29N11O4/c1-3-13(2)21(27-19(35)9-18-29-32-33-30-18)23(38)25-12-20(36)34-16-7-5-4-6-14(16)8-17(34)22(37)24-10-15-11-26-31-28-15/h4-7,11,13,17,21H,3,8-10,12H2,1-2H3,(H,24,37)(H,25,38)(H,27,35)(H,26,28,31)(H,29,30,32,33)/t13-,17-,21-/m0/s1. The van der Waals surface area contributed by atoms with E-state index >= 15 is 0 Å². The summed E-state index contributed by atoms with van der Waals surface area (Å²) in [5.74, 6) is -1.77. The Kier molecular flexibility index (Phi) is 8.35. The van der Waals surface area contributed by atoms with Crippen molar-refractivity contribution in [3.8, 4) is 0 Å². The number of aromatic amines is 2. The molecule has 0 fully saturated rings. The molecule has 5 N–H and O–H groups in total. The maximum absolute atomic E-state index is 13.3. The van der Waals surface area contributed by atoms with Crippen LogP contribution in [-0.4, -0.2) is 78.3 Å². The molecule has 3 aromatic rings. The predicted molar refractivity (Wildman–Crippen MR) is 132 cm³/mol. The van der Waals surface area contributed by atoms with Gasteiger partial charge in [-0.25, -0.2) is 0 Å². The molecule has 1 aromatic carbocycles. The van der Waals surface area contributed by atoms with Gasteiger partial charge in [0.25, 0.3) is 0 Å². The van der Waals surface area contributed by atoms with Gasteiger partial charge in [-0.2, -0.15) is 20.6 Å². The molecular weight excluding hydrogens is 494 g/mol. The zero-order valence-electron chi connectivity index (χ0n) is 21.0. The SMILES string of the molecule is CC[C@H](C)[C@H](NC(=O)Cc1nn[nH]n1)C(=O)NCC(=O)N1c2ccccc2C[C@H]1C(=O)NCc1cn[nH]n1. The molecule has 4 rings (SSSR count). The number of nitrogens with zero attached hydrogens (tertiary/aromatic N) is 6. The summed E-state index contributed by atoms with van der Waals surface area (Å²) < 4.78 is 0. The lowest BCUT2D eigenvalue weighted by Crippen LogP contribution is -2.54. The Morgan fingerprint density at radius 2 is 1.95 bits per heavy atom. The quantitative estimate of drug-likeness (QED) is 0.204. The number of carbonyl (C=O) groups is 4. The molecule has 15 nitrogen and oxygen atoms in total.